The van der Waals surface area contributed by atoms with Gasteiger partial charge in [0.1, 0.15) is 17.5 Å². The summed E-state index contributed by atoms with van der Waals surface area (Å²) in [6, 6.07) is 5.78. The Hall–Kier alpha value is -3.23. The van der Waals surface area contributed by atoms with E-state index in [1.807, 2.05) is 34.6 Å². The number of rotatable bonds is 8. The van der Waals surface area contributed by atoms with Gasteiger partial charge in [0, 0.05) is 11.6 Å². The number of nitrogens with zero attached hydrogens (tertiary/aromatic N) is 3. The monoisotopic (exact) mass is 416 g/mol. The molecular formula is C21H26F2N6O. The van der Waals surface area contributed by atoms with Gasteiger partial charge in [-0.15, -0.1) is 5.10 Å². The van der Waals surface area contributed by atoms with E-state index in [2.05, 4.69) is 30.8 Å². The Morgan fingerprint density at radius 2 is 1.80 bits per heavy atom. The second kappa shape index (κ2) is 9.06. The lowest BCUT2D eigenvalue weighted by atomic mass is 10.0. The SMILES string of the molecule is CC(C)Oc1cc(Nc2nc(NC(C)c3ccc(F)cn3)c(C(C)C)cc2F)[nH]n1. The molecule has 0 aliphatic carbocycles. The zero-order valence-corrected chi connectivity index (χ0v) is 17.6. The largest absolute Gasteiger partial charge is 0.474 e. The van der Waals surface area contributed by atoms with E-state index in [4.69, 9.17) is 4.74 Å². The zero-order valence-electron chi connectivity index (χ0n) is 17.6. The van der Waals surface area contributed by atoms with Crippen molar-refractivity contribution in [1.82, 2.24) is 20.2 Å². The molecule has 30 heavy (non-hydrogen) atoms. The van der Waals surface area contributed by atoms with Crippen LogP contribution in [0.15, 0.2) is 30.5 Å². The van der Waals surface area contributed by atoms with Crippen molar-refractivity contribution < 1.29 is 13.5 Å². The highest BCUT2D eigenvalue weighted by Crippen LogP contribution is 2.30. The van der Waals surface area contributed by atoms with Gasteiger partial charge in [-0.2, -0.15) is 0 Å². The molecule has 0 saturated carbocycles. The first-order valence-electron chi connectivity index (χ1n) is 9.80. The van der Waals surface area contributed by atoms with E-state index in [1.54, 1.807) is 12.1 Å². The summed E-state index contributed by atoms with van der Waals surface area (Å²) in [4.78, 5) is 8.56. The minimum Gasteiger partial charge on any atom is -0.474 e. The van der Waals surface area contributed by atoms with Crippen LogP contribution < -0.4 is 15.4 Å². The van der Waals surface area contributed by atoms with E-state index in [-0.39, 0.29) is 23.9 Å². The van der Waals surface area contributed by atoms with E-state index in [1.165, 1.54) is 12.1 Å². The molecule has 0 aromatic carbocycles. The van der Waals surface area contributed by atoms with Gasteiger partial charge < -0.3 is 15.4 Å². The van der Waals surface area contributed by atoms with Crippen LogP contribution in [0, 0.1) is 11.6 Å². The molecule has 3 N–H and O–H groups in total. The number of aromatic amines is 1. The van der Waals surface area contributed by atoms with E-state index >= 15 is 0 Å². The maximum absolute atomic E-state index is 14.7. The first-order chi connectivity index (χ1) is 14.2. The Labute approximate surface area is 174 Å². The number of H-pyrrole nitrogens is 1. The summed E-state index contributed by atoms with van der Waals surface area (Å²) in [5, 5.41) is 13.0. The molecule has 1 atom stereocenters. The molecule has 0 aliphatic heterocycles. The smallest absolute Gasteiger partial charge is 0.234 e. The topological polar surface area (TPSA) is 87.8 Å². The number of aromatic nitrogens is 4. The number of hydrogen-bond acceptors (Lipinski definition) is 6. The van der Waals surface area contributed by atoms with Gasteiger partial charge in [0.25, 0.3) is 0 Å². The Morgan fingerprint density at radius 1 is 1.03 bits per heavy atom. The molecule has 0 aliphatic rings. The summed E-state index contributed by atoms with van der Waals surface area (Å²) in [5.41, 5.74) is 1.37. The van der Waals surface area contributed by atoms with Crippen LogP contribution in [-0.2, 0) is 0 Å². The Kier molecular flexibility index (Phi) is 6.49. The van der Waals surface area contributed by atoms with E-state index < -0.39 is 11.6 Å². The minimum absolute atomic E-state index is 0.0290. The van der Waals surface area contributed by atoms with Crippen molar-refractivity contribution in [2.24, 2.45) is 0 Å². The molecule has 9 heteroatoms. The van der Waals surface area contributed by atoms with Crippen LogP contribution in [-0.4, -0.2) is 26.3 Å². The molecule has 0 radical (unpaired) electrons. The van der Waals surface area contributed by atoms with Crippen molar-refractivity contribution in [3.63, 3.8) is 0 Å². The highest BCUT2D eigenvalue weighted by molar-refractivity contribution is 5.59. The molecule has 0 saturated heterocycles. The summed E-state index contributed by atoms with van der Waals surface area (Å²) in [5.74, 6) is 0.565. The fourth-order valence-electron chi connectivity index (χ4n) is 2.87. The van der Waals surface area contributed by atoms with Crippen LogP contribution in [0.1, 0.15) is 57.8 Å². The first-order valence-corrected chi connectivity index (χ1v) is 9.80. The standard InChI is InChI=1S/C21H26F2N6O/c1-11(2)15-8-16(23)21(26-18-9-19(29-28-18)30-12(3)4)27-20(15)25-13(5)17-7-6-14(22)10-24-17/h6-13H,1-5H3,(H3,25,26,27,28,29). The summed E-state index contributed by atoms with van der Waals surface area (Å²) < 4.78 is 33.4. The van der Waals surface area contributed by atoms with Gasteiger partial charge >= 0.3 is 0 Å². The second-order valence-corrected chi connectivity index (χ2v) is 7.59. The van der Waals surface area contributed by atoms with Gasteiger partial charge in [0.05, 0.1) is 24.0 Å². The van der Waals surface area contributed by atoms with Crippen LogP contribution in [0.4, 0.5) is 26.2 Å². The average molecular weight is 416 g/mol. The van der Waals surface area contributed by atoms with Crippen molar-refractivity contribution in [1.29, 1.82) is 0 Å². The van der Waals surface area contributed by atoms with Crippen molar-refractivity contribution in [3.05, 3.63) is 53.4 Å². The van der Waals surface area contributed by atoms with Gasteiger partial charge in [-0.25, -0.2) is 13.8 Å². The third-order valence-electron chi connectivity index (χ3n) is 4.34. The predicted molar refractivity (Wildman–Crippen MR) is 112 cm³/mol. The van der Waals surface area contributed by atoms with E-state index in [9.17, 15) is 8.78 Å². The number of ether oxygens (including phenoxy) is 1. The van der Waals surface area contributed by atoms with Crippen molar-refractivity contribution in [2.75, 3.05) is 10.6 Å². The van der Waals surface area contributed by atoms with Crippen molar-refractivity contribution in [2.45, 2.75) is 52.7 Å². The number of hydrogen-bond donors (Lipinski definition) is 3. The second-order valence-electron chi connectivity index (χ2n) is 7.59. The predicted octanol–water partition coefficient (Wildman–Crippen LogP) is 5.31. The summed E-state index contributed by atoms with van der Waals surface area (Å²) >= 11 is 0. The third kappa shape index (κ3) is 5.22. The molecule has 0 amide bonds. The van der Waals surface area contributed by atoms with E-state index in [0.717, 1.165) is 11.8 Å². The van der Waals surface area contributed by atoms with Gasteiger partial charge in [0.15, 0.2) is 11.6 Å². The maximum atomic E-state index is 14.7. The maximum Gasteiger partial charge on any atom is 0.234 e. The minimum atomic E-state index is -0.488. The van der Waals surface area contributed by atoms with Crippen molar-refractivity contribution >= 4 is 17.5 Å². The number of halogens is 2. The Balaban J connectivity index is 1.86. The molecule has 160 valence electrons. The van der Waals surface area contributed by atoms with Gasteiger partial charge in [-0.05, 0) is 44.9 Å². The molecule has 3 aromatic rings. The number of anilines is 3. The summed E-state index contributed by atoms with van der Waals surface area (Å²) in [6.45, 7) is 9.58. The molecule has 3 rings (SSSR count). The van der Waals surface area contributed by atoms with E-state index in [0.29, 0.717) is 23.2 Å². The highest BCUT2D eigenvalue weighted by Gasteiger charge is 2.18. The molecule has 7 nitrogen and oxygen atoms in total. The average Bonchev–Trinajstić information content (AvgIpc) is 3.10. The fraction of sp³-hybridized carbons (Fsp3) is 0.381. The van der Waals surface area contributed by atoms with Crippen molar-refractivity contribution in [3.8, 4) is 5.88 Å². The van der Waals surface area contributed by atoms with Crippen LogP contribution in [0.3, 0.4) is 0 Å². The molecular weight excluding hydrogens is 390 g/mol. The Morgan fingerprint density at radius 3 is 2.43 bits per heavy atom. The molecule has 0 bridgehead atoms. The molecule has 3 heterocycles. The lowest BCUT2D eigenvalue weighted by molar-refractivity contribution is 0.232. The Bertz CT molecular complexity index is 988. The third-order valence-corrected chi connectivity index (χ3v) is 4.34. The number of pyridine rings is 2. The lowest BCUT2D eigenvalue weighted by Gasteiger charge is -2.20. The molecule has 0 fully saturated rings. The van der Waals surface area contributed by atoms with Gasteiger partial charge in [-0.3, -0.25) is 10.1 Å². The van der Waals surface area contributed by atoms with Crippen LogP contribution in [0.5, 0.6) is 5.88 Å². The fourth-order valence-corrected chi connectivity index (χ4v) is 2.87. The normalized spacial score (nSPS) is 12.3. The lowest BCUT2D eigenvalue weighted by Crippen LogP contribution is -2.13. The highest BCUT2D eigenvalue weighted by atomic mass is 19.1. The quantitative estimate of drug-likeness (QED) is 0.462. The molecule has 1 unspecified atom stereocenters. The van der Waals surface area contributed by atoms with Crippen LogP contribution in [0.25, 0.3) is 0 Å². The zero-order chi connectivity index (χ0) is 21.8. The molecule has 3 aromatic heterocycles. The number of nitrogens with one attached hydrogen (secondary N) is 3. The molecule has 0 spiro atoms. The first kappa shape index (κ1) is 21.5. The summed E-state index contributed by atoms with van der Waals surface area (Å²) in [7, 11) is 0. The van der Waals surface area contributed by atoms with Gasteiger partial charge in [-0.1, -0.05) is 13.8 Å². The summed E-state index contributed by atoms with van der Waals surface area (Å²) in [6.07, 6.45) is 1.13. The van der Waals surface area contributed by atoms with Crippen LogP contribution in [0.2, 0.25) is 0 Å². The van der Waals surface area contributed by atoms with Gasteiger partial charge in [0.2, 0.25) is 5.88 Å². The van der Waals surface area contributed by atoms with Crippen LogP contribution >= 0.6 is 0 Å².